The number of ether oxygens (including phenoxy) is 2. The van der Waals surface area contributed by atoms with Crippen molar-refractivity contribution >= 4 is 5.96 Å². The maximum atomic E-state index is 12.8. The van der Waals surface area contributed by atoms with Crippen LogP contribution in [0.2, 0.25) is 0 Å². The molecule has 1 aliphatic heterocycles. The molecule has 2 N–H and O–H groups in total. The largest absolute Gasteiger partial charge is 0.416 e. The van der Waals surface area contributed by atoms with Crippen molar-refractivity contribution in [1.82, 2.24) is 10.6 Å². The van der Waals surface area contributed by atoms with Crippen molar-refractivity contribution in [1.29, 1.82) is 0 Å². The fourth-order valence-electron chi connectivity index (χ4n) is 2.70. The van der Waals surface area contributed by atoms with E-state index in [9.17, 15) is 13.2 Å². The highest BCUT2D eigenvalue weighted by Crippen LogP contribution is 2.30. The van der Waals surface area contributed by atoms with Crippen LogP contribution >= 0.6 is 0 Å². The van der Waals surface area contributed by atoms with Crippen LogP contribution in [0.3, 0.4) is 0 Å². The van der Waals surface area contributed by atoms with Crippen molar-refractivity contribution in [3.8, 4) is 0 Å². The Balaban J connectivity index is 1.76. The van der Waals surface area contributed by atoms with E-state index in [0.29, 0.717) is 31.3 Å². The van der Waals surface area contributed by atoms with E-state index >= 15 is 0 Å². The highest BCUT2D eigenvalue weighted by molar-refractivity contribution is 5.80. The predicted octanol–water partition coefficient (Wildman–Crippen LogP) is 3.13. The summed E-state index contributed by atoms with van der Waals surface area (Å²) in [6.45, 7) is 4.21. The second-order valence-electron chi connectivity index (χ2n) is 6.20. The molecular formula is C18H26F3N3O2. The summed E-state index contributed by atoms with van der Waals surface area (Å²) in [5.74, 6) is 0.510. The quantitative estimate of drug-likeness (QED) is 0.438. The molecule has 0 bridgehead atoms. The molecule has 0 aromatic heterocycles. The number of rotatable bonds is 7. The Hall–Kier alpha value is -1.80. The maximum Gasteiger partial charge on any atom is 0.416 e. The van der Waals surface area contributed by atoms with Crippen LogP contribution in [0.15, 0.2) is 29.3 Å². The lowest BCUT2D eigenvalue weighted by molar-refractivity contribution is -0.137. The van der Waals surface area contributed by atoms with Crippen LogP contribution in [0.5, 0.6) is 0 Å². The van der Waals surface area contributed by atoms with E-state index in [1.165, 1.54) is 6.07 Å². The summed E-state index contributed by atoms with van der Waals surface area (Å²) in [6, 6.07) is 4.96. The lowest BCUT2D eigenvalue weighted by Crippen LogP contribution is -2.40. The molecule has 1 aliphatic rings. The number of guanidine groups is 1. The summed E-state index contributed by atoms with van der Waals surface area (Å²) in [6.07, 6.45) is -2.05. The lowest BCUT2D eigenvalue weighted by atomic mass is 10.1. The Morgan fingerprint density at radius 1 is 1.42 bits per heavy atom. The molecule has 0 spiro atoms. The number of hydrogen-bond acceptors (Lipinski definition) is 3. The molecule has 0 aliphatic carbocycles. The van der Waals surface area contributed by atoms with E-state index in [2.05, 4.69) is 15.6 Å². The normalized spacial score (nSPS) is 19.4. The molecule has 2 atom stereocenters. The van der Waals surface area contributed by atoms with Gasteiger partial charge in [0.2, 0.25) is 0 Å². The Bertz CT molecular complexity index is 587. The molecule has 1 aromatic carbocycles. The third-order valence-corrected chi connectivity index (χ3v) is 4.16. The molecule has 1 fully saturated rings. The fourth-order valence-corrected chi connectivity index (χ4v) is 2.70. The van der Waals surface area contributed by atoms with Gasteiger partial charge in [0, 0.05) is 20.2 Å². The molecule has 26 heavy (non-hydrogen) atoms. The Morgan fingerprint density at radius 2 is 2.23 bits per heavy atom. The van der Waals surface area contributed by atoms with Crippen LogP contribution in [-0.2, 0) is 15.7 Å². The van der Waals surface area contributed by atoms with Crippen LogP contribution in [-0.4, -0.2) is 45.5 Å². The zero-order valence-corrected chi connectivity index (χ0v) is 15.1. The van der Waals surface area contributed by atoms with Crippen LogP contribution < -0.4 is 10.6 Å². The zero-order chi connectivity index (χ0) is 19.0. The van der Waals surface area contributed by atoms with E-state index in [4.69, 9.17) is 9.47 Å². The third-order valence-electron chi connectivity index (χ3n) is 4.16. The topological polar surface area (TPSA) is 54.9 Å². The van der Waals surface area contributed by atoms with Gasteiger partial charge in [-0.15, -0.1) is 0 Å². The average molecular weight is 373 g/mol. The van der Waals surface area contributed by atoms with Gasteiger partial charge in [-0.1, -0.05) is 12.1 Å². The van der Waals surface area contributed by atoms with Crippen molar-refractivity contribution in [2.75, 3.05) is 33.4 Å². The van der Waals surface area contributed by atoms with Gasteiger partial charge in [-0.2, -0.15) is 13.2 Å². The number of nitrogens with one attached hydrogen (secondary N) is 2. The van der Waals surface area contributed by atoms with E-state index in [1.54, 1.807) is 20.0 Å². The van der Waals surface area contributed by atoms with Gasteiger partial charge in [0.1, 0.15) is 0 Å². The first kappa shape index (κ1) is 20.5. The van der Waals surface area contributed by atoms with E-state index in [1.807, 2.05) is 0 Å². The van der Waals surface area contributed by atoms with Gasteiger partial charge < -0.3 is 20.1 Å². The molecule has 0 saturated carbocycles. The fraction of sp³-hybridized carbons (Fsp3) is 0.611. The Morgan fingerprint density at radius 3 is 2.88 bits per heavy atom. The van der Waals surface area contributed by atoms with E-state index in [-0.39, 0.29) is 12.1 Å². The predicted molar refractivity (Wildman–Crippen MR) is 94.1 cm³/mol. The molecular weight excluding hydrogens is 347 g/mol. The van der Waals surface area contributed by atoms with Crippen LogP contribution in [0.4, 0.5) is 13.2 Å². The van der Waals surface area contributed by atoms with Crippen LogP contribution in [0.25, 0.3) is 0 Å². The molecule has 5 nitrogen and oxygen atoms in total. The third kappa shape index (κ3) is 6.49. The molecule has 0 amide bonds. The summed E-state index contributed by atoms with van der Waals surface area (Å²) in [7, 11) is 1.61. The van der Waals surface area contributed by atoms with Crippen LogP contribution in [0, 0.1) is 0 Å². The highest BCUT2D eigenvalue weighted by Gasteiger charge is 2.30. The molecule has 1 heterocycles. The lowest BCUT2D eigenvalue weighted by Gasteiger charge is -2.19. The van der Waals surface area contributed by atoms with Crippen molar-refractivity contribution < 1.29 is 22.6 Å². The second-order valence-corrected chi connectivity index (χ2v) is 6.20. The van der Waals surface area contributed by atoms with Crippen molar-refractivity contribution in [2.45, 2.75) is 38.1 Å². The SMILES string of the molecule is CN=C(NCCOCC1CCCO1)NC(C)c1cccc(C(F)(F)F)c1. The summed E-state index contributed by atoms with van der Waals surface area (Å²) in [5, 5.41) is 6.18. The number of nitrogens with zero attached hydrogens (tertiary/aromatic N) is 1. The molecule has 0 radical (unpaired) electrons. The standard InChI is InChI=1S/C18H26F3N3O2/c1-13(14-5-3-6-15(11-14)18(19,20)21)24-17(22-2)23-8-10-25-12-16-7-4-9-26-16/h3,5-6,11,13,16H,4,7-10,12H2,1-2H3,(H2,22,23,24). The number of hydrogen-bond donors (Lipinski definition) is 2. The van der Waals surface area contributed by atoms with Gasteiger partial charge in [0.25, 0.3) is 0 Å². The molecule has 1 saturated heterocycles. The smallest absolute Gasteiger partial charge is 0.377 e. The van der Waals surface area contributed by atoms with Gasteiger partial charge >= 0.3 is 6.18 Å². The van der Waals surface area contributed by atoms with Gasteiger partial charge in [-0.3, -0.25) is 4.99 Å². The monoisotopic (exact) mass is 373 g/mol. The van der Waals surface area contributed by atoms with Gasteiger partial charge in [0.05, 0.1) is 30.9 Å². The Labute approximate surface area is 152 Å². The average Bonchev–Trinajstić information content (AvgIpc) is 3.13. The first-order valence-electron chi connectivity index (χ1n) is 8.74. The minimum atomic E-state index is -4.35. The molecule has 146 valence electrons. The minimum Gasteiger partial charge on any atom is -0.377 e. The van der Waals surface area contributed by atoms with Gasteiger partial charge in [0.15, 0.2) is 5.96 Å². The van der Waals surface area contributed by atoms with Crippen molar-refractivity contribution in [3.05, 3.63) is 35.4 Å². The van der Waals surface area contributed by atoms with Gasteiger partial charge in [-0.25, -0.2) is 0 Å². The Kier molecular flexibility index (Phi) is 7.71. The molecule has 2 unspecified atom stereocenters. The second kappa shape index (κ2) is 9.78. The van der Waals surface area contributed by atoms with Crippen LogP contribution in [0.1, 0.15) is 36.9 Å². The number of aliphatic imine (C=N–C) groups is 1. The van der Waals surface area contributed by atoms with Crippen molar-refractivity contribution in [3.63, 3.8) is 0 Å². The summed E-state index contributed by atoms with van der Waals surface area (Å²) in [4.78, 5) is 4.09. The number of halogens is 3. The van der Waals surface area contributed by atoms with Gasteiger partial charge in [-0.05, 0) is 37.5 Å². The maximum absolute atomic E-state index is 12.8. The first-order chi connectivity index (χ1) is 12.4. The number of alkyl halides is 3. The summed E-state index contributed by atoms with van der Waals surface area (Å²) in [5.41, 5.74) is -0.119. The highest BCUT2D eigenvalue weighted by atomic mass is 19.4. The first-order valence-corrected chi connectivity index (χ1v) is 8.74. The summed E-state index contributed by atoms with van der Waals surface area (Å²) < 4.78 is 49.5. The minimum absolute atomic E-state index is 0.188. The number of benzene rings is 1. The van der Waals surface area contributed by atoms with E-state index in [0.717, 1.165) is 31.6 Å². The zero-order valence-electron chi connectivity index (χ0n) is 15.1. The molecule has 1 aromatic rings. The molecule has 8 heteroatoms. The van der Waals surface area contributed by atoms with Crippen molar-refractivity contribution in [2.24, 2.45) is 4.99 Å². The van der Waals surface area contributed by atoms with E-state index < -0.39 is 11.7 Å². The summed E-state index contributed by atoms with van der Waals surface area (Å²) >= 11 is 0. The molecule has 2 rings (SSSR count).